The number of anilines is 1. The van der Waals surface area contributed by atoms with Gasteiger partial charge in [-0.05, 0) is 19.4 Å². The lowest BCUT2D eigenvalue weighted by molar-refractivity contribution is -0.531. The summed E-state index contributed by atoms with van der Waals surface area (Å²) in [6.45, 7) is 3.96. The van der Waals surface area contributed by atoms with E-state index in [-0.39, 0.29) is 40.2 Å². The monoisotopic (exact) mass is 639 g/mol. The van der Waals surface area contributed by atoms with Gasteiger partial charge >= 0.3 is 5.97 Å². The molecule has 42 heavy (non-hydrogen) atoms. The molecule has 19 heteroatoms. The number of carbonyl (C=O) groups excluding carboxylic acids is 3. The van der Waals surface area contributed by atoms with Gasteiger partial charge in [-0.25, -0.2) is 9.98 Å². The van der Waals surface area contributed by atoms with Crippen molar-refractivity contribution in [2.24, 2.45) is 16.6 Å². The molecule has 0 aliphatic carbocycles. The summed E-state index contributed by atoms with van der Waals surface area (Å²) in [4.78, 5) is 64.6. The molecule has 1 aromatic rings. The third kappa shape index (κ3) is 6.63. The normalized spacial score (nSPS) is 23.0. The van der Waals surface area contributed by atoms with Crippen molar-refractivity contribution in [1.29, 1.82) is 0 Å². The Labute approximate surface area is 252 Å². The van der Waals surface area contributed by atoms with E-state index in [1.807, 2.05) is 11.8 Å². The molecule has 1 fully saturated rings. The van der Waals surface area contributed by atoms with E-state index in [9.17, 15) is 24.3 Å². The summed E-state index contributed by atoms with van der Waals surface area (Å²) < 4.78 is 0. The number of hydrogen-bond donors (Lipinski definition) is 6. The number of carboxylic acid groups (broad SMARTS) is 2. The fourth-order valence-corrected chi connectivity index (χ4v) is 7.50. The molecule has 0 bridgehead atoms. The Balaban J connectivity index is 1.49. The SMILES string of the molecule is CCN1C(SCC2=C(C(=O)[O-])N3C(=O)[C@@H](NC(=O)/C(=N\OC(C)CC(=O)O)c4csc(N)n4)[C@H]3SC2)=CC(N)=[NH+]C1N. The van der Waals surface area contributed by atoms with Crippen molar-refractivity contribution in [1.82, 2.24) is 20.1 Å². The number of nitrogens with two attached hydrogens (primary N) is 3. The first-order valence-electron chi connectivity index (χ1n) is 12.5. The van der Waals surface area contributed by atoms with E-state index in [0.717, 1.165) is 21.3 Å². The van der Waals surface area contributed by atoms with Gasteiger partial charge in [-0.2, -0.15) is 0 Å². The molecule has 0 radical (unpaired) electrons. The van der Waals surface area contributed by atoms with Gasteiger partial charge in [-0.3, -0.25) is 30.8 Å². The number of carboxylic acids is 2. The summed E-state index contributed by atoms with van der Waals surface area (Å²) in [5, 5.41) is 29.1. The number of aliphatic carboxylic acids is 2. The third-order valence-electron chi connectivity index (χ3n) is 6.24. The smallest absolute Gasteiger partial charge is 0.307 e. The van der Waals surface area contributed by atoms with E-state index in [2.05, 4.69) is 20.4 Å². The summed E-state index contributed by atoms with van der Waals surface area (Å²) in [6.07, 6.45) is -0.0624. The number of oxime groups is 1. The molecule has 1 saturated heterocycles. The van der Waals surface area contributed by atoms with Gasteiger partial charge in [0.1, 0.15) is 23.2 Å². The van der Waals surface area contributed by atoms with Crippen molar-refractivity contribution >= 4 is 75.3 Å². The number of hydrogen-bond acceptors (Lipinski definition) is 15. The minimum Gasteiger partial charge on any atom is -0.543 e. The fourth-order valence-electron chi connectivity index (χ4n) is 4.30. The third-order valence-corrected chi connectivity index (χ3v) is 9.39. The van der Waals surface area contributed by atoms with Crippen molar-refractivity contribution in [3.05, 3.63) is 33.4 Å². The van der Waals surface area contributed by atoms with Gasteiger partial charge in [-0.1, -0.05) is 5.16 Å². The van der Waals surface area contributed by atoms with Crippen LogP contribution in [0.1, 0.15) is 26.0 Å². The van der Waals surface area contributed by atoms with Crippen LogP contribution in [0.2, 0.25) is 0 Å². The van der Waals surface area contributed by atoms with Crippen LogP contribution >= 0.6 is 34.9 Å². The summed E-state index contributed by atoms with van der Waals surface area (Å²) in [5.41, 5.74) is 17.7. The molecule has 3 aliphatic heterocycles. The van der Waals surface area contributed by atoms with Crippen molar-refractivity contribution in [3.63, 3.8) is 0 Å². The van der Waals surface area contributed by atoms with Crippen molar-refractivity contribution in [3.8, 4) is 0 Å². The number of amides is 2. The molecule has 2 amide bonds. The number of amidine groups is 1. The Morgan fingerprint density at radius 1 is 1.40 bits per heavy atom. The highest BCUT2D eigenvalue weighted by Crippen LogP contribution is 2.41. The summed E-state index contributed by atoms with van der Waals surface area (Å²) in [7, 11) is 0. The predicted octanol–water partition coefficient (Wildman–Crippen LogP) is -3.70. The molecule has 4 rings (SSSR count). The van der Waals surface area contributed by atoms with Crippen molar-refractivity contribution in [2.45, 2.75) is 44.1 Å². The number of thiazole rings is 1. The van der Waals surface area contributed by atoms with Gasteiger partial charge in [0.05, 0.1) is 29.2 Å². The average molecular weight is 640 g/mol. The number of rotatable bonds is 12. The zero-order chi connectivity index (χ0) is 30.7. The number of fused-ring (bicyclic) bond motifs is 1. The van der Waals surface area contributed by atoms with Crippen LogP contribution < -0.4 is 32.6 Å². The number of aromatic nitrogens is 1. The van der Waals surface area contributed by atoms with Crippen molar-refractivity contribution < 1.29 is 39.2 Å². The van der Waals surface area contributed by atoms with Crippen LogP contribution in [0.5, 0.6) is 0 Å². The van der Waals surface area contributed by atoms with E-state index in [1.54, 1.807) is 6.08 Å². The summed E-state index contributed by atoms with van der Waals surface area (Å²) >= 11 is 3.66. The number of nitrogens with one attached hydrogen (secondary N) is 2. The van der Waals surface area contributed by atoms with E-state index in [4.69, 9.17) is 27.1 Å². The molecular formula is C23H29N9O7S3. The zero-order valence-electron chi connectivity index (χ0n) is 22.4. The van der Waals surface area contributed by atoms with Crippen LogP contribution in [0, 0.1) is 0 Å². The second kappa shape index (κ2) is 13.0. The Hall–Kier alpha value is -3.81. The minimum absolute atomic E-state index is 0.0676. The number of thioether (sulfide) groups is 2. The Morgan fingerprint density at radius 3 is 2.76 bits per heavy atom. The van der Waals surface area contributed by atoms with Gasteiger partial charge in [0.2, 0.25) is 6.29 Å². The van der Waals surface area contributed by atoms with Gasteiger partial charge in [0.15, 0.2) is 10.8 Å². The highest BCUT2D eigenvalue weighted by atomic mass is 32.2. The van der Waals surface area contributed by atoms with Crippen LogP contribution in [-0.4, -0.2) is 97.1 Å². The van der Waals surface area contributed by atoms with Gasteiger partial charge < -0.3 is 35.8 Å². The first-order chi connectivity index (χ1) is 19.9. The Morgan fingerprint density at radius 2 is 2.14 bits per heavy atom. The molecule has 4 atom stereocenters. The maximum absolute atomic E-state index is 13.2. The second-order valence-electron chi connectivity index (χ2n) is 9.23. The zero-order valence-corrected chi connectivity index (χ0v) is 24.9. The van der Waals surface area contributed by atoms with Crippen LogP contribution in [-0.2, 0) is 24.0 Å². The van der Waals surface area contributed by atoms with E-state index in [0.29, 0.717) is 18.0 Å². The quantitative estimate of drug-likeness (QED) is 0.0731. The number of β-lactam (4-membered cyclic amide) rings is 1. The lowest BCUT2D eigenvalue weighted by atomic mass is 10.0. The molecule has 1 aromatic heterocycles. The first-order valence-corrected chi connectivity index (χ1v) is 15.4. The lowest BCUT2D eigenvalue weighted by Crippen LogP contribution is -2.89. The van der Waals surface area contributed by atoms with Gasteiger partial charge in [0, 0.05) is 23.4 Å². The predicted molar refractivity (Wildman–Crippen MR) is 154 cm³/mol. The van der Waals surface area contributed by atoms with E-state index < -0.39 is 47.6 Å². The lowest BCUT2D eigenvalue weighted by Gasteiger charge is -2.50. The first kappa shape index (κ1) is 31.1. The van der Waals surface area contributed by atoms with Gasteiger partial charge in [-0.15, -0.1) is 34.9 Å². The average Bonchev–Trinajstić information content (AvgIpc) is 3.34. The summed E-state index contributed by atoms with van der Waals surface area (Å²) in [6, 6.07) is -1.07. The van der Waals surface area contributed by atoms with Gasteiger partial charge in [0.25, 0.3) is 17.6 Å². The molecule has 16 nitrogen and oxygen atoms in total. The second-order valence-corrected chi connectivity index (χ2v) is 12.2. The standard InChI is InChI=1S/C23H29N9O7S3/c1-3-31-13(5-12(24)28-22(31)25)40-6-10-7-41-20-16(19(36)32(20)17(10)21(37)38)29-18(35)15(11-8-42-23(26)27-11)30-39-9(2)4-14(33)34/h5,8-9,16,20,22H,3-4,6-7,25H2,1-2H3,(H2,24,28)(H2,26,27)(H,29,35)(H,33,34)(H,37,38)/b30-15-/t9?,16-,20-,22?/m1/s1. The Bertz CT molecular complexity index is 1410. The molecule has 4 heterocycles. The molecule has 0 spiro atoms. The highest BCUT2D eigenvalue weighted by Gasteiger charge is 2.53. The number of nitrogens with zero attached hydrogens (tertiary/aromatic N) is 4. The molecule has 0 aromatic carbocycles. The van der Waals surface area contributed by atoms with E-state index >= 15 is 0 Å². The topological polar surface area (TPSA) is 257 Å². The molecule has 2 unspecified atom stereocenters. The number of carbonyl (C=O) groups is 4. The van der Waals surface area contributed by atoms with Crippen molar-refractivity contribution in [2.75, 3.05) is 23.8 Å². The molecule has 9 N–H and O–H groups in total. The van der Waals surface area contributed by atoms with E-state index in [1.165, 1.54) is 35.8 Å². The molecule has 0 saturated carbocycles. The summed E-state index contributed by atoms with van der Waals surface area (Å²) in [5.74, 6) is -3.22. The molecule has 3 aliphatic rings. The van der Waals surface area contributed by atoms with Crippen LogP contribution in [0.3, 0.4) is 0 Å². The largest absolute Gasteiger partial charge is 0.543 e. The minimum atomic E-state index is -1.51. The Kier molecular flexibility index (Phi) is 9.64. The number of nitrogen functional groups attached to an aromatic ring is 1. The molecular weight excluding hydrogens is 611 g/mol. The molecule has 226 valence electrons. The van der Waals surface area contributed by atoms with Crippen LogP contribution in [0.4, 0.5) is 5.13 Å². The maximum Gasteiger partial charge on any atom is 0.307 e. The fraction of sp³-hybridized carbons (Fsp3) is 0.435. The maximum atomic E-state index is 13.2. The highest BCUT2D eigenvalue weighted by molar-refractivity contribution is 8.03. The van der Waals surface area contributed by atoms with Crippen LogP contribution in [0.25, 0.3) is 0 Å². The van der Waals surface area contributed by atoms with Crippen LogP contribution in [0.15, 0.2) is 32.9 Å².